The van der Waals surface area contributed by atoms with E-state index in [4.69, 9.17) is 25.8 Å². The van der Waals surface area contributed by atoms with Crippen LogP contribution in [0.4, 0.5) is 0 Å². The van der Waals surface area contributed by atoms with Crippen molar-refractivity contribution in [2.75, 3.05) is 21.3 Å². The van der Waals surface area contributed by atoms with Crippen molar-refractivity contribution in [1.82, 2.24) is 10.4 Å². The minimum Gasteiger partial charge on any atom is -0.493 e. The topological polar surface area (TPSA) is 82.0 Å². The predicted octanol–water partition coefficient (Wildman–Crippen LogP) is 3.99. The zero-order valence-corrected chi connectivity index (χ0v) is 17.2. The molecule has 0 aliphatic heterocycles. The molecule has 1 N–H and O–H groups in total. The molecule has 8 heteroatoms. The van der Waals surface area contributed by atoms with Crippen LogP contribution in [-0.2, 0) is 0 Å². The van der Waals surface area contributed by atoms with Crippen LogP contribution in [0.5, 0.6) is 17.2 Å². The smallest absolute Gasteiger partial charge is 0.271 e. The summed E-state index contributed by atoms with van der Waals surface area (Å²) in [4.78, 5) is 16.9. The van der Waals surface area contributed by atoms with Crippen molar-refractivity contribution in [2.45, 2.75) is 6.92 Å². The number of aromatic nitrogens is 1. The molecule has 1 heterocycles. The van der Waals surface area contributed by atoms with Crippen molar-refractivity contribution in [1.29, 1.82) is 0 Å². The van der Waals surface area contributed by atoms with Crippen molar-refractivity contribution >= 4 is 34.6 Å². The number of nitrogens with zero attached hydrogens (tertiary/aromatic N) is 2. The molecule has 150 valence electrons. The minimum atomic E-state index is -0.444. The molecule has 0 radical (unpaired) electrons. The summed E-state index contributed by atoms with van der Waals surface area (Å²) in [6.45, 7) is 1.99. The highest BCUT2D eigenvalue weighted by Gasteiger charge is 2.16. The van der Waals surface area contributed by atoms with Crippen LogP contribution in [0, 0.1) is 6.92 Å². The third-order valence-corrected chi connectivity index (χ3v) is 4.55. The minimum absolute atomic E-state index is 0.300. The summed E-state index contributed by atoms with van der Waals surface area (Å²) in [5.41, 5.74) is 5.25. The van der Waals surface area contributed by atoms with Crippen molar-refractivity contribution in [3.05, 3.63) is 58.2 Å². The normalized spacial score (nSPS) is 10.9. The summed E-state index contributed by atoms with van der Waals surface area (Å²) in [6.07, 6.45) is 1.45. The summed E-state index contributed by atoms with van der Waals surface area (Å²) < 4.78 is 15.8. The van der Waals surface area contributed by atoms with Crippen molar-refractivity contribution < 1.29 is 19.0 Å². The Kier molecular flexibility index (Phi) is 6.19. The van der Waals surface area contributed by atoms with Gasteiger partial charge in [0.25, 0.3) is 5.91 Å². The van der Waals surface area contributed by atoms with Gasteiger partial charge in [-0.15, -0.1) is 0 Å². The maximum Gasteiger partial charge on any atom is 0.271 e. The summed E-state index contributed by atoms with van der Waals surface area (Å²) in [5, 5.41) is 5.22. The monoisotopic (exact) mass is 413 g/mol. The SMILES string of the molecule is COc1cc(C(=O)N/N=C\c2cc3ccc(C)cc3nc2Cl)cc(OC)c1OC. The first-order valence-corrected chi connectivity index (χ1v) is 9.05. The quantitative estimate of drug-likeness (QED) is 0.375. The lowest BCUT2D eigenvalue weighted by atomic mass is 10.1. The number of methoxy groups -OCH3 is 3. The highest BCUT2D eigenvalue weighted by Crippen LogP contribution is 2.38. The second-order valence-electron chi connectivity index (χ2n) is 6.18. The van der Waals surface area contributed by atoms with Gasteiger partial charge in [0, 0.05) is 16.5 Å². The molecule has 29 heavy (non-hydrogen) atoms. The average Bonchev–Trinajstić information content (AvgIpc) is 2.72. The number of ether oxygens (including phenoxy) is 3. The number of hydrazone groups is 1. The third kappa shape index (κ3) is 4.41. The Morgan fingerprint density at radius 3 is 2.38 bits per heavy atom. The molecule has 1 aromatic heterocycles. The van der Waals surface area contributed by atoms with E-state index in [0.717, 1.165) is 16.5 Å². The van der Waals surface area contributed by atoms with Crippen LogP contribution >= 0.6 is 11.6 Å². The van der Waals surface area contributed by atoms with Gasteiger partial charge in [0.15, 0.2) is 11.5 Å². The number of aryl methyl sites for hydroxylation is 1. The second-order valence-corrected chi connectivity index (χ2v) is 6.54. The Morgan fingerprint density at radius 2 is 1.76 bits per heavy atom. The highest BCUT2D eigenvalue weighted by atomic mass is 35.5. The summed E-state index contributed by atoms with van der Waals surface area (Å²) in [7, 11) is 4.45. The molecule has 2 aromatic carbocycles. The first kappa shape index (κ1) is 20.4. The van der Waals surface area contributed by atoms with E-state index in [0.29, 0.717) is 33.5 Å². The van der Waals surface area contributed by atoms with Gasteiger partial charge in [0.1, 0.15) is 5.15 Å². The number of nitrogens with one attached hydrogen (secondary N) is 1. The van der Waals surface area contributed by atoms with Crippen LogP contribution in [-0.4, -0.2) is 38.4 Å². The van der Waals surface area contributed by atoms with E-state index >= 15 is 0 Å². The van der Waals surface area contributed by atoms with Crippen molar-refractivity contribution in [3.63, 3.8) is 0 Å². The van der Waals surface area contributed by atoms with Crippen LogP contribution in [0.1, 0.15) is 21.5 Å². The number of hydrogen-bond donors (Lipinski definition) is 1. The second kappa shape index (κ2) is 8.79. The fraction of sp³-hybridized carbons (Fsp3) is 0.190. The van der Waals surface area contributed by atoms with Crippen LogP contribution in [0.25, 0.3) is 10.9 Å². The number of halogens is 1. The first-order chi connectivity index (χ1) is 14.0. The lowest BCUT2D eigenvalue weighted by molar-refractivity contribution is 0.0954. The van der Waals surface area contributed by atoms with Gasteiger partial charge < -0.3 is 14.2 Å². The zero-order chi connectivity index (χ0) is 21.0. The number of rotatable bonds is 6. The van der Waals surface area contributed by atoms with Gasteiger partial charge in [0.05, 0.1) is 33.1 Å². The van der Waals surface area contributed by atoms with Gasteiger partial charge in [-0.05, 0) is 36.8 Å². The lowest BCUT2D eigenvalue weighted by Crippen LogP contribution is -2.18. The Hall–Kier alpha value is -3.32. The number of amides is 1. The standard InChI is InChI=1S/C21H20ClN3O4/c1-12-5-6-13-8-15(20(22)24-16(13)7-12)11-23-25-21(26)14-9-17(27-2)19(29-4)18(10-14)28-3/h5-11H,1-4H3,(H,25,26)/b23-11-. The van der Waals surface area contributed by atoms with E-state index in [2.05, 4.69) is 15.5 Å². The van der Waals surface area contributed by atoms with Crippen LogP contribution in [0.2, 0.25) is 5.15 Å². The van der Waals surface area contributed by atoms with E-state index in [9.17, 15) is 4.79 Å². The zero-order valence-electron chi connectivity index (χ0n) is 16.4. The molecule has 3 aromatic rings. The molecule has 0 spiro atoms. The Bertz CT molecular complexity index is 1070. The van der Waals surface area contributed by atoms with E-state index < -0.39 is 5.91 Å². The molecule has 0 bridgehead atoms. The number of pyridine rings is 1. The predicted molar refractivity (Wildman–Crippen MR) is 113 cm³/mol. The molecular formula is C21H20ClN3O4. The molecule has 0 saturated carbocycles. The Balaban J connectivity index is 1.82. The largest absolute Gasteiger partial charge is 0.493 e. The summed E-state index contributed by atoms with van der Waals surface area (Å²) in [6, 6.07) is 10.8. The number of carbonyl (C=O) groups excluding carboxylic acids is 1. The number of hydrogen-bond acceptors (Lipinski definition) is 6. The molecule has 0 unspecified atom stereocenters. The average molecular weight is 414 g/mol. The lowest BCUT2D eigenvalue weighted by Gasteiger charge is -2.13. The van der Waals surface area contributed by atoms with Gasteiger partial charge in [-0.3, -0.25) is 4.79 Å². The van der Waals surface area contributed by atoms with Crippen LogP contribution in [0.15, 0.2) is 41.5 Å². The first-order valence-electron chi connectivity index (χ1n) is 8.67. The molecule has 0 saturated heterocycles. The molecular weight excluding hydrogens is 394 g/mol. The van der Waals surface area contributed by atoms with Crippen LogP contribution in [0.3, 0.4) is 0 Å². The molecule has 0 atom stereocenters. The molecule has 3 rings (SSSR count). The molecule has 7 nitrogen and oxygen atoms in total. The number of fused-ring (bicyclic) bond motifs is 1. The fourth-order valence-corrected chi connectivity index (χ4v) is 2.99. The maximum atomic E-state index is 12.5. The van der Waals surface area contributed by atoms with E-state index in [1.807, 2.05) is 31.2 Å². The fourth-order valence-electron chi connectivity index (χ4n) is 2.80. The van der Waals surface area contributed by atoms with Crippen molar-refractivity contribution in [2.24, 2.45) is 5.10 Å². The van der Waals surface area contributed by atoms with Gasteiger partial charge in [-0.2, -0.15) is 5.10 Å². The van der Waals surface area contributed by atoms with Gasteiger partial charge in [-0.25, -0.2) is 10.4 Å². The molecule has 0 fully saturated rings. The van der Waals surface area contributed by atoms with Gasteiger partial charge in [0.2, 0.25) is 5.75 Å². The molecule has 0 aliphatic rings. The van der Waals surface area contributed by atoms with Gasteiger partial charge in [-0.1, -0.05) is 23.7 Å². The van der Waals surface area contributed by atoms with Gasteiger partial charge >= 0.3 is 0 Å². The summed E-state index contributed by atoms with van der Waals surface area (Å²) in [5.74, 6) is 0.705. The Morgan fingerprint density at radius 1 is 1.07 bits per heavy atom. The molecule has 0 aliphatic carbocycles. The Labute approximate surface area is 173 Å². The van der Waals surface area contributed by atoms with E-state index in [1.54, 1.807) is 12.1 Å². The third-order valence-electron chi connectivity index (χ3n) is 4.25. The number of carbonyl (C=O) groups is 1. The maximum absolute atomic E-state index is 12.5. The van der Waals surface area contributed by atoms with Crippen LogP contribution < -0.4 is 19.6 Å². The number of benzene rings is 2. The summed E-state index contributed by atoms with van der Waals surface area (Å²) >= 11 is 6.24. The highest BCUT2D eigenvalue weighted by molar-refractivity contribution is 6.32. The van der Waals surface area contributed by atoms with Crippen molar-refractivity contribution in [3.8, 4) is 17.2 Å². The molecule has 1 amide bonds. The van der Waals surface area contributed by atoms with E-state index in [1.165, 1.54) is 27.5 Å². The van der Waals surface area contributed by atoms with E-state index in [-0.39, 0.29) is 0 Å².